The van der Waals surface area contributed by atoms with Gasteiger partial charge in [-0.05, 0) is 80.9 Å². The largest absolute Gasteiger partial charge is 0.377 e. The molecule has 3 aliphatic rings. The van der Waals surface area contributed by atoms with Gasteiger partial charge in [0.05, 0.1) is 79.3 Å². The minimum atomic E-state index is 0.521. The third-order valence-corrected chi connectivity index (χ3v) is 10.3. The summed E-state index contributed by atoms with van der Waals surface area (Å²) in [5.74, 6) is 0. The molecule has 3 heterocycles. The molecule has 4 bridgehead atoms. The molecule has 8 heteroatoms. The van der Waals surface area contributed by atoms with E-state index in [1.54, 1.807) is 0 Å². The van der Waals surface area contributed by atoms with Crippen LogP contribution in [0.25, 0.3) is 11.1 Å². The minimum absolute atomic E-state index is 0.521. The Balaban J connectivity index is 1.27. The van der Waals surface area contributed by atoms with Crippen molar-refractivity contribution in [1.29, 1.82) is 0 Å². The van der Waals surface area contributed by atoms with Gasteiger partial charge in [0, 0.05) is 19.6 Å². The zero-order chi connectivity index (χ0) is 31.0. The van der Waals surface area contributed by atoms with E-state index >= 15 is 0 Å². The molecule has 0 fully saturated rings. The normalized spacial score (nSPS) is 19.9. The lowest BCUT2D eigenvalue weighted by molar-refractivity contribution is -0.0185. The Morgan fingerprint density at radius 2 is 0.696 bits per heavy atom. The highest BCUT2D eigenvalue weighted by molar-refractivity contribution is 8.00. The molecule has 0 aromatic heterocycles. The van der Waals surface area contributed by atoms with Crippen molar-refractivity contribution in [3.63, 3.8) is 0 Å². The van der Waals surface area contributed by atoms with Crippen molar-refractivity contribution in [2.24, 2.45) is 0 Å². The molecule has 0 saturated heterocycles. The highest BCUT2D eigenvalue weighted by Gasteiger charge is 2.30. The topological polar surface area (TPSA) is 55.4 Å². The quantitative estimate of drug-likeness (QED) is 0.165. The molecule has 0 aliphatic carbocycles. The number of ether oxygens (including phenoxy) is 6. The van der Waals surface area contributed by atoms with E-state index in [4.69, 9.17) is 28.4 Å². The number of fused-ring (bicyclic) bond motifs is 6. The summed E-state index contributed by atoms with van der Waals surface area (Å²) in [6.45, 7) is 6.33. The van der Waals surface area contributed by atoms with Gasteiger partial charge in [0.25, 0.3) is 0 Å². The Bertz CT molecular complexity index is 1560. The van der Waals surface area contributed by atoms with Crippen LogP contribution in [0.1, 0.15) is 33.4 Å². The van der Waals surface area contributed by atoms with Crippen LogP contribution in [0.4, 0.5) is 0 Å². The van der Waals surface area contributed by atoms with E-state index in [-0.39, 0.29) is 0 Å². The zero-order valence-electron chi connectivity index (χ0n) is 25.8. The summed E-state index contributed by atoms with van der Waals surface area (Å²) >= 11 is 3.68. The molecule has 0 spiro atoms. The molecular weight excluding hydrogens is 617 g/mol. The summed E-state index contributed by atoms with van der Waals surface area (Å²) in [6, 6.07) is 31.1. The molecule has 238 valence electrons. The summed E-state index contributed by atoms with van der Waals surface area (Å²) in [5.41, 5.74) is 9.81. The maximum absolute atomic E-state index is 6.07. The fraction of sp³-hybridized carbons (Fsp3) is 0.316. The van der Waals surface area contributed by atoms with Crippen LogP contribution in [-0.4, -0.2) is 66.1 Å². The lowest BCUT2D eigenvalue weighted by atomic mass is 9.84. The molecule has 0 unspecified atom stereocenters. The van der Waals surface area contributed by atoms with Crippen molar-refractivity contribution in [3.05, 3.63) is 118 Å². The Hall–Kier alpha value is -2.92. The van der Waals surface area contributed by atoms with E-state index in [0.717, 1.165) is 11.1 Å². The van der Waals surface area contributed by atoms with Crippen molar-refractivity contribution in [2.45, 2.75) is 32.8 Å². The first-order valence-electron chi connectivity index (χ1n) is 15.9. The average molecular weight is 655 g/mol. The monoisotopic (exact) mass is 654 g/mol. The van der Waals surface area contributed by atoms with E-state index in [2.05, 4.69) is 84.9 Å². The Labute approximate surface area is 279 Å². The molecule has 7 rings (SSSR count). The third-order valence-electron chi connectivity index (χ3n) is 8.03. The highest BCUT2D eigenvalue weighted by Crippen LogP contribution is 2.54. The molecule has 0 atom stereocenters. The van der Waals surface area contributed by atoms with Crippen molar-refractivity contribution < 1.29 is 28.4 Å². The summed E-state index contributed by atoms with van der Waals surface area (Å²) in [4.78, 5) is 5.04. The standard InChI is InChI=1S/C38H38O6S2/c1-3-7-33-29(5-1)37-31-23-27(9-11-35(31)45-33)25-43-21-19-41-17-15-39-13-14-40-16-18-42-20-22-44-26-28-10-12-36-32(24-28)38(37)30-6-2-4-8-34(30)46-36/h1-12,23-24H,13-22,25-26H2/b38-37-. The molecule has 4 aromatic rings. The number of benzene rings is 4. The SMILES string of the molecule is c1ccc2c(c1)Sc1ccc3cc1/C2=C1/c2ccccc2Sc2ccc(cc21)COCCOCCOCCOCCOCCOC3. The predicted octanol–water partition coefficient (Wildman–Crippen LogP) is 7.74. The van der Waals surface area contributed by atoms with Gasteiger partial charge in [-0.15, -0.1) is 0 Å². The Morgan fingerprint density at radius 3 is 1.11 bits per heavy atom. The van der Waals surface area contributed by atoms with Gasteiger partial charge in [0.2, 0.25) is 0 Å². The third kappa shape index (κ3) is 7.46. The lowest BCUT2D eigenvalue weighted by Gasteiger charge is -2.30. The first kappa shape index (κ1) is 31.7. The molecule has 0 radical (unpaired) electrons. The van der Waals surface area contributed by atoms with Gasteiger partial charge < -0.3 is 28.4 Å². The van der Waals surface area contributed by atoms with E-state index < -0.39 is 0 Å². The van der Waals surface area contributed by atoms with Gasteiger partial charge in [0.15, 0.2) is 0 Å². The first-order chi connectivity index (χ1) is 22.8. The molecule has 46 heavy (non-hydrogen) atoms. The summed E-state index contributed by atoms with van der Waals surface area (Å²) in [6.07, 6.45) is 0. The van der Waals surface area contributed by atoms with Crippen LogP contribution < -0.4 is 0 Å². The van der Waals surface area contributed by atoms with E-state index in [0.29, 0.717) is 79.3 Å². The van der Waals surface area contributed by atoms with Crippen molar-refractivity contribution in [1.82, 2.24) is 0 Å². The second-order valence-corrected chi connectivity index (χ2v) is 13.3. The second kappa shape index (κ2) is 15.8. The summed E-state index contributed by atoms with van der Waals surface area (Å²) in [7, 11) is 0. The Kier molecular flexibility index (Phi) is 10.9. The summed E-state index contributed by atoms with van der Waals surface area (Å²) in [5, 5.41) is 0. The molecule has 4 aromatic carbocycles. The lowest BCUT2D eigenvalue weighted by Crippen LogP contribution is -2.14. The van der Waals surface area contributed by atoms with Crippen LogP contribution in [0.15, 0.2) is 105 Å². The van der Waals surface area contributed by atoms with Crippen LogP contribution in [0.5, 0.6) is 0 Å². The predicted molar refractivity (Wildman–Crippen MR) is 182 cm³/mol. The maximum atomic E-state index is 6.07. The number of hydrogen-bond acceptors (Lipinski definition) is 8. The highest BCUT2D eigenvalue weighted by atomic mass is 32.2. The smallest absolute Gasteiger partial charge is 0.0718 e. The van der Waals surface area contributed by atoms with Crippen molar-refractivity contribution in [2.75, 3.05) is 66.1 Å². The van der Waals surface area contributed by atoms with Gasteiger partial charge in [-0.2, -0.15) is 0 Å². The van der Waals surface area contributed by atoms with Gasteiger partial charge >= 0.3 is 0 Å². The van der Waals surface area contributed by atoms with E-state index in [1.807, 2.05) is 23.5 Å². The average Bonchev–Trinajstić information content (AvgIpc) is 3.09. The maximum Gasteiger partial charge on any atom is 0.0718 e. The molecule has 6 nitrogen and oxygen atoms in total. The number of hydrogen-bond donors (Lipinski definition) is 0. The van der Waals surface area contributed by atoms with E-state index in [9.17, 15) is 0 Å². The second-order valence-electron chi connectivity index (χ2n) is 11.2. The van der Waals surface area contributed by atoms with Crippen LogP contribution in [0, 0.1) is 0 Å². The molecule has 3 aliphatic heterocycles. The Morgan fingerprint density at radius 1 is 0.348 bits per heavy atom. The first-order valence-corrected chi connectivity index (χ1v) is 17.5. The van der Waals surface area contributed by atoms with Crippen LogP contribution in [0.3, 0.4) is 0 Å². The molecule has 0 N–H and O–H groups in total. The van der Waals surface area contributed by atoms with E-state index in [1.165, 1.54) is 53.0 Å². The van der Waals surface area contributed by atoms with Crippen LogP contribution in [-0.2, 0) is 41.6 Å². The zero-order valence-corrected chi connectivity index (χ0v) is 27.5. The molecule has 0 saturated carbocycles. The van der Waals surface area contributed by atoms with Gasteiger partial charge in [-0.3, -0.25) is 0 Å². The van der Waals surface area contributed by atoms with Gasteiger partial charge in [0.1, 0.15) is 0 Å². The van der Waals surface area contributed by atoms with Gasteiger partial charge in [-0.25, -0.2) is 0 Å². The number of rotatable bonds is 0. The van der Waals surface area contributed by atoms with Gasteiger partial charge in [-0.1, -0.05) is 72.1 Å². The van der Waals surface area contributed by atoms with Crippen molar-refractivity contribution >= 4 is 34.7 Å². The minimum Gasteiger partial charge on any atom is -0.377 e. The fourth-order valence-electron chi connectivity index (χ4n) is 5.87. The summed E-state index contributed by atoms with van der Waals surface area (Å²) < 4.78 is 34.8. The molecular formula is C38H38O6S2. The van der Waals surface area contributed by atoms with Crippen LogP contribution in [0.2, 0.25) is 0 Å². The fourth-order valence-corrected chi connectivity index (χ4v) is 8.01. The van der Waals surface area contributed by atoms with Crippen LogP contribution >= 0.6 is 23.5 Å². The molecule has 0 amide bonds. The van der Waals surface area contributed by atoms with Crippen molar-refractivity contribution in [3.8, 4) is 0 Å².